The fourth-order valence-corrected chi connectivity index (χ4v) is 3.39. The van der Waals surface area contributed by atoms with Gasteiger partial charge in [0.2, 0.25) is 11.8 Å². The Morgan fingerprint density at radius 1 is 1.26 bits per heavy atom. The number of rotatable bonds is 4. The summed E-state index contributed by atoms with van der Waals surface area (Å²) >= 11 is 0. The standard InChI is InChI=1S/C18H20FN3O5/c19-11-1-2-12-13(8-15(23)21-14(12)7-11)18(26)27-9-16(24)22-5-3-10(4-6-22)17(20)25/h1-2,7,10,13H,3-6,8-9H2,(H2,20,25)(H,21,23). The van der Waals surface area contributed by atoms with Crippen molar-refractivity contribution >= 4 is 29.4 Å². The molecule has 1 atom stereocenters. The zero-order valence-electron chi connectivity index (χ0n) is 14.6. The van der Waals surface area contributed by atoms with E-state index in [1.54, 1.807) is 0 Å². The van der Waals surface area contributed by atoms with Gasteiger partial charge in [-0.05, 0) is 30.5 Å². The molecule has 0 aromatic heterocycles. The maximum Gasteiger partial charge on any atom is 0.314 e. The minimum atomic E-state index is -0.886. The van der Waals surface area contributed by atoms with E-state index in [0.29, 0.717) is 31.5 Å². The second kappa shape index (κ2) is 7.73. The molecule has 9 heteroatoms. The molecular weight excluding hydrogens is 357 g/mol. The number of nitrogens with two attached hydrogens (primary N) is 1. The predicted molar refractivity (Wildman–Crippen MR) is 91.8 cm³/mol. The number of benzene rings is 1. The fraction of sp³-hybridized carbons (Fsp3) is 0.444. The first-order chi connectivity index (χ1) is 12.8. The lowest BCUT2D eigenvalue weighted by Crippen LogP contribution is -2.43. The van der Waals surface area contributed by atoms with Gasteiger partial charge in [-0.25, -0.2) is 4.39 Å². The summed E-state index contributed by atoms with van der Waals surface area (Å²) in [4.78, 5) is 49.1. The van der Waals surface area contributed by atoms with Crippen LogP contribution in [0.4, 0.5) is 10.1 Å². The van der Waals surface area contributed by atoms with Gasteiger partial charge < -0.3 is 20.7 Å². The van der Waals surface area contributed by atoms with E-state index >= 15 is 0 Å². The fourth-order valence-electron chi connectivity index (χ4n) is 3.39. The molecule has 0 bridgehead atoms. The first-order valence-electron chi connectivity index (χ1n) is 8.68. The summed E-state index contributed by atoms with van der Waals surface area (Å²) in [6.07, 6.45) is 0.836. The third-order valence-corrected chi connectivity index (χ3v) is 4.93. The van der Waals surface area contributed by atoms with Crippen molar-refractivity contribution in [3.63, 3.8) is 0 Å². The molecular formula is C18H20FN3O5. The Morgan fingerprint density at radius 2 is 1.96 bits per heavy atom. The van der Waals surface area contributed by atoms with Gasteiger partial charge in [0.1, 0.15) is 5.82 Å². The molecule has 0 aliphatic carbocycles. The van der Waals surface area contributed by atoms with Crippen LogP contribution in [0.2, 0.25) is 0 Å². The normalized spacial score (nSPS) is 19.8. The Labute approximate surface area is 154 Å². The molecule has 1 saturated heterocycles. The smallest absolute Gasteiger partial charge is 0.314 e. The van der Waals surface area contributed by atoms with Crippen molar-refractivity contribution in [2.75, 3.05) is 25.0 Å². The van der Waals surface area contributed by atoms with Gasteiger partial charge in [-0.1, -0.05) is 6.07 Å². The molecule has 0 radical (unpaired) electrons. The number of nitrogens with one attached hydrogen (secondary N) is 1. The first kappa shape index (κ1) is 18.8. The number of primary amides is 1. The van der Waals surface area contributed by atoms with Crippen molar-refractivity contribution in [3.8, 4) is 0 Å². The highest BCUT2D eigenvalue weighted by atomic mass is 19.1. The molecule has 2 heterocycles. The first-order valence-corrected chi connectivity index (χ1v) is 8.68. The topological polar surface area (TPSA) is 119 Å². The minimum Gasteiger partial charge on any atom is -0.455 e. The Hall–Kier alpha value is -2.97. The van der Waals surface area contributed by atoms with E-state index in [1.165, 1.54) is 17.0 Å². The number of halogens is 1. The third kappa shape index (κ3) is 4.24. The summed E-state index contributed by atoms with van der Waals surface area (Å²) in [5.74, 6) is -3.53. The number of hydrogen-bond acceptors (Lipinski definition) is 5. The van der Waals surface area contributed by atoms with Crippen molar-refractivity contribution in [1.29, 1.82) is 0 Å². The number of hydrogen-bond donors (Lipinski definition) is 2. The van der Waals surface area contributed by atoms with Crippen LogP contribution in [-0.4, -0.2) is 48.3 Å². The van der Waals surface area contributed by atoms with Gasteiger partial charge in [0.05, 0.1) is 5.92 Å². The Bertz CT molecular complexity index is 789. The lowest BCUT2D eigenvalue weighted by molar-refractivity contribution is -0.154. The van der Waals surface area contributed by atoms with E-state index in [0.717, 1.165) is 6.07 Å². The molecule has 144 valence electrons. The van der Waals surface area contributed by atoms with Crippen molar-refractivity contribution < 1.29 is 28.3 Å². The quantitative estimate of drug-likeness (QED) is 0.742. The van der Waals surface area contributed by atoms with Gasteiger partial charge in [-0.15, -0.1) is 0 Å². The van der Waals surface area contributed by atoms with E-state index in [1.807, 2.05) is 0 Å². The molecule has 27 heavy (non-hydrogen) atoms. The van der Waals surface area contributed by atoms with Crippen LogP contribution in [0.3, 0.4) is 0 Å². The van der Waals surface area contributed by atoms with Crippen LogP contribution in [0.15, 0.2) is 18.2 Å². The predicted octanol–water partition coefficient (Wildman–Crippen LogP) is 0.519. The van der Waals surface area contributed by atoms with Crippen LogP contribution >= 0.6 is 0 Å². The number of piperidine rings is 1. The largest absolute Gasteiger partial charge is 0.455 e. The second-order valence-electron chi connectivity index (χ2n) is 6.70. The molecule has 3 N–H and O–H groups in total. The van der Waals surface area contributed by atoms with Gasteiger partial charge in [-0.3, -0.25) is 19.2 Å². The average Bonchev–Trinajstić information content (AvgIpc) is 2.64. The molecule has 0 spiro atoms. The maximum atomic E-state index is 13.3. The van der Waals surface area contributed by atoms with Gasteiger partial charge in [0, 0.05) is 31.1 Å². The second-order valence-corrected chi connectivity index (χ2v) is 6.70. The molecule has 8 nitrogen and oxygen atoms in total. The summed E-state index contributed by atoms with van der Waals surface area (Å²) in [5, 5.41) is 2.52. The number of anilines is 1. The number of ether oxygens (including phenoxy) is 1. The number of carbonyl (C=O) groups excluding carboxylic acids is 4. The molecule has 1 fully saturated rings. The van der Waals surface area contributed by atoms with E-state index in [9.17, 15) is 23.6 Å². The van der Waals surface area contributed by atoms with Crippen LogP contribution in [0.1, 0.15) is 30.7 Å². The maximum absolute atomic E-state index is 13.3. The number of carbonyl (C=O) groups is 4. The van der Waals surface area contributed by atoms with Crippen LogP contribution in [0, 0.1) is 11.7 Å². The van der Waals surface area contributed by atoms with E-state index in [-0.39, 0.29) is 29.8 Å². The van der Waals surface area contributed by atoms with Gasteiger partial charge in [0.25, 0.3) is 5.91 Å². The molecule has 1 unspecified atom stereocenters. The summed E-state index contributed by atoms with van der Waals surface area (Å²) < 4.78 is 18.5. The molecule has 2 aliphatic heterocycles. The summed E-state index contributed by atoms with van der Waals surface area (Å²) in [6.45, 7) is 0.296. The van der Waals surface area contributed by atoms with Crippen LogP contribution in [0.25, 0.3) is 0 Å². The molecule has 1 aromatic rings. The highest BCUT2D eigenvalue weighted by Crippen LogP contribution is 2.33. The number of likely N-dealkylation sites (tertiary alicyclic amines) is 1. The molecule has 2 aliphatic rings. The number of esters is 1. The monoisotopic (exact) mass is 377 g/mol. The highest BCUT2D eigenvalue weighted by molar-refractivity contribution is 6.00. The van der Waals surface area contributed by atoms with Crippen molar-refractivity contribution in [2.45, 2.75) is 25.2 Å². The van der Waals surface area contributed by atoms with E-state index in [4.69, 9.17) is 10.5 Å². The lowest BCUT2D eigenvalue weighted by atomic mass is 9.90. The Balaban J connectivity index is 1.58. The molecule has 3 rings (SSSR count). The van der Waals surface area contributed by atoms with Crippen molar-refractivity contribution in [1.82, 2.24) is 4.90 Å². The zero-order valence-corrected chi connectivity index (χ0v) is 14.6. The van der Waals surface area contributed by atoms with Crippen molar-refractivity contribution in [3.05, 3.63) is 29.6 Å². The number of amides is 3. The number of fused-ring (bicyclic) bond motifs is 1. The zero-order chi connectivity index (χ0) is 19.6. The number of nitrogens with zero attached hydrogens (tertiary/aromatic N) is 1. The van der Waals surface area contributed by atoms with Gasteiger partial charge >= 0.3 is 5.97 Å². The molecule has 3 amide bonds. The summed E-state index contributed by atoms with van der Waals surface area (Å²) in [5.41, 5.74) is 5.95. The van der Waals surface area contributed by atoms with Crippen LogP contribution in [0.5, 0.6) is 0 Å². The van der Waals surface area contributed by atoms with Crippen molar-refractivity contribution in [2.24, 2.45) is 11.7 Å². The molecule has 1 aromatic carbocycles. The summed E-state index contributed by atoms with van der Waals surface area (Å²) in [7, 11) is 0. The average molecular weight is 377 g/mol. The van der Waals surface area contributed by atoms with E-state index in [2.05, 4.69) is 5.32 Å². The lowest BCUT2D eigenvalue weighted by Gasteiger charge is -2.30. The Morgan fingerprint density at radius 3 is 2.63 bits per heavy atom. The van der Waals surface area contributed by atoms with Gasteiger partial charge in [-0.2, -0.15) is 0 Å². The van der Waals surface area contributed by atoms with Gasteiger partial charge in [0.15, 0.2) is 6.61 Å². The SMILES string of the molecule is NC(=O)C1CCN(C(=O)COC(=O)C2CC(=O)Nc3cc(F)ccc32)CC1. The molecule has 0 saturated carbocycles. The minimum absolute atomic E-state index is 0.129. The Kier molecular flexibility index (Phi) is 5.38. The third-order valence-electron chi connectivity index (χ3n) is 4.93. The van der Waals surface area contributed by atoms with Crippen LogP contribution in [-0.2, 0) is 23.9 Å². The van der Waals surface area contributed by atoms with E-state index < -0.39 is 30.2 Å². The highest BCUT2D eigenvalue weighted by Gasteiger charge is 2.33. The summed E-state index contributed by atoms with van der Waals surface area (Å²) in [6, 6.07) is 3.76. The van der Waals surface area contributed by atoms with Crippen LogP contribution < -0.4 is 11.1 Å².